The van der Waals surface area contributed by atoms with E-state index in [-0.39, 0.29) is 162 Å². The second kappa shape index (κ2) is 50.3. The van der Waals surface area contributed by atoms with E-state index in [0.717, 1.165) is 4.90 Å². The number of piperazine rings is 1. The number of thioether (sulfide) groups is 1. The molecule has 11 N–H and O–H groups in total. The van der Waals surface area contributed by atoms with Crippen molar-refractivity contribution < 1.29 is 144 Å². The molecular formula is C90H114N12O30S. The molecule has 3 saturated heterocycles. The highest BCUT2D eigenvalue weighted by Crippen LogP contribution is 2.53. The fraction of sp³-hybridized carbons (Fsp3) is 0.522. The van der Waals surface area contributed by atoms with Crippen LogP contribution in [-0.2, 0) is 112 Å². The lowest BCUT2D eigenvalue weighted by atomic mass is 9.71. The number of furan rings is 1. The number of ether oxygens (including phenoxy) is 14. The van der Waals surface area contributed by atoms with E-state index in [1.165, 1.54) is 55.3 Å². The zero-order chi connectivity index (χ0) is 94.3. The molecule has 720 valence electrons. The summed E-state index contributed by atoms with van der Waals surface area (Å²) in [6, 6.07) is 19.3. The zero-order valence-electron chi connectivity index (χ0n) is 74.3. The number of aromatic hydroxyl groups is 2. The van der Waals surface area contributed by atoms with Crippen LogP contribution in [0, 0.1) is 0 Å². The molecule has 1 unspecified atom stereocenters. The number of methoxy groups -OCH3 is 2. The van der Waals surface area contributed by atoms with E-state index in [0.29, 0.717) is 157 Å². The van der Waals surface area contributed by atoms with E-state index >= 15 is 0 Å². The van der Waals surface area contributed by atoms with Gasteiger partial charge in [-0.05, 0) is 55.8 Å². The third-order valence-electron chi connectivity index (χ3n) is 22.6. The van der Waals surface area contributed by atoms with Gasteiger partial charge in [0.25, 0.3) is 17.6 Å². The molecule has 5 aliphatic rings. The highest BCUT2D eigenvalue weighted by Gasteiger charge is 2.50. The minimum atomic E-state index is -2.27. The molecule has 12 rings (SSSR count). The summed E-state index contributed by atoms with van der Waals surface area (Å²) < 4.78 is 86.7. The number of ketones is 3. The first-order valence-electron chi connectivity index (χ1n) is 43.9. The smallest absolute Gasteiger partial charge is 0.295 e. The Morgan fingerprint density at radius 3 is 1.98 bits per heavy atom. The molecule has 3 aliphatic heterocycles. The number of likely N-dealkylation sites (tertiary alicyclic amines) is 1. The number of imide groups is 1. The molecule has 0 bridgehead atoms. The Kier molecular flexibility index (Phi) is 38.2. The van der Waals surface area contributed by atoms with Gasteiger partial charge >= 0.3 is 0 Å². The van der Waals surface area contributed by atoms with Gasteiger partial charge in [0.05, 0.1) is 228 Å². The quantitative estimate of drug-likeness (QED) is 0.00497. The minimum absolute atomic E-state index is 0.00936. The average Bonchev–Trinajstić information content (AvgIpc) is 1.56. The molecule has 3 aromatic heterocycles. The Morgan fingerprint density at radius 2 is 1.32 bits per heavy atom. The number of phenols is 2. The Balaban J connectivity index is 0.415. The number of carbonyl (C=O) groups is 10. The van der Waals surface area contributed by atoms with E-state index < -0.39 is 130 Å². The number of Topliss-reactive ketones (excluding diaryl/α,β-unsaturated/α-hetero) is 1. The molecule has 4 aromatic carbocycles. The van der Waals surface area contributed by atoms with Crippen molar-refractivity contribution >= 4 is 87.1 Å². The van der Waals surface area contributed by atoms with Crippen molar-refractivity contribution in [1.82, 2.24) is 50.7 Å². The number of nitrogens with one attached hydrogen (secondary N) is 4. The first kappa shape index (κ1) is 101. The van der Waals surface area contributed by atoms with Gasteiger partial charge in [-0.15, -0.1) is 16.9 Å². The number of benzene rings is 4. The Morgan fingerprint density at radius 1 is 0.677 bits per heavy atom. The van der Waals surface area contributed by atoms with Crippen LogP contribution in [-0.4, -0.2) is 351 Å². The summed E-state index contributed by atoms with van der Waals surface area (Å²) in [7, 11) is 2.78. The monoisotopic (exact) mass is 1870 g/mol. The summed E-state index contributed by atoms with van der Waals surface area (Å²) in [6.45, 7) is 8.42. The second-order valence-electron chi connectivity index (χ2n) is 31.5. The molecule has 3 fully saturated rings. The van der Waals surface area contributed by atoms with Crippen molar-refractivity contribution in [2.24, 2.45) is 10.8 Å². The lowest BCUT2D eigenvalue weighted by Gasteiger charge is -2.43. The van der Waals surface area contributed by atoms with Gasteiger partial charge in [0.2, 0.25) is 35.3 Å². The van der Waals surface area contributed by atoms with Gasteiger partial charge in [-0.3, -0.25) is 52.8 Å². The number of hydrogen-bond donors (Lipinski definition) is 10. The summed E-state index contributed by atoms with van der Waals surface area (Å²) >= 11 is 1.17. The first-order valence-corrected chi connectivity index (χ1v) is 45.0. The molecule has 0 radical (unpaired) electrons. The molecule has 133 heavy (non-hydrogen) atoms. The Labute approximate surface area is 769 Å². The largest absolute Gasteiger partial charge is 0.507 e. The van der Waals surface area contributed by atoms with E-state index in [9.17, 15) is 73.5 Å². The molecule has 7 aromatic rings. The molecule has 42 nitrogen and oxygen atoms in total. The number of H-pyrrole nitrogens is 1. The van der Waals surface area contributed by atoms with E-state index in [1.807, 2.05) is 6.07 Å². The maximum absolute atomic E-state index is 14.2. The summed E-state index contributed by atoms with van der Waals surface area (Å²) in [5, 5.41) is 75.0. The van der Waals surface area contributed by atoms with Crippen molar-refractivity contribution in [2.75, 3.05) is 191 Å². The summed E-state index contributed by atoms with van der Waals surface area (Å²) in [4.78, 5) is 140. The number of amides is 7. The predicted octanol–water partition coefficient (Wildman–Crippen LogP) is 2.24. The van der Waals surface area contributed by atoms with Crippen molar-refractivity contribution in [3.8, 4) is 34.3 Å². The third-order valence-corrected chi connectivity index (χ3v) is 23.8. The maximum Gasteiger partial charge on any atom is 0.295 e. The number of nitrogens with zero attached hydrogens (tertiary/aromatic N) is 7. The second-order valence-corrected chi connectivity index (χ2v) is 32.9. The molecule has 7 amide bonds. The number of aliphatic hydroxyl groups excluding tert-OH is 2. The molecule has 7 atom stereocenters. The summed E-state index contributed by atoms with van der Waals surface area (Å²) in [6.07, 6.45) is -2.75. The number of carbonyl (C=O) groups excluding carboxylic acids is 10. The Hall–Kier alpha value is -11.1. The standard InChI is InChI=1S/C90H114N12O30S/c1-55-81(108)63(91)45-74(130-55)132-67-48-90(117,47-61-77(67)86(113)79-78(83(61)110)82(109)60-11-7-12-65(118-2)76(60)85(79)112)69(52-103)96-97-71(105)13-8-20-102-73(107)46-68(88(102)115)133-44-18-70(104)92-19-26-120-28-30-122-36-38-126-40-42-128-53-57-51-101(98-95-57)25-27-121-29-31-123-32-33-124-34-35-125-37-39-127-41-43-129-54-72(106)93-49-58-14-16-64(131-58)59-15-17-66(119-3)75-62(50-94-80(59)75)84(111)89(116)100-23-21-99(22-24-100)87(114)56-9-5-4-6-10-56/h4-7,9-12,14-17,50-51,55,63,67-68,74,81,94,103,108,110,113,117H,8,13,18-49,52-54,91H2,1-3H3,(H,92,104)(H,93,106)(H,97,105)/b96-69-/t55-,63-,67-,68?,74-,81+,90-/m0/s1. The lowest BCUT2D eigenvalue weighted by molar-refractivity contribution is -0.245. The van der Waals surface area contributed by atoms with E-state index in [4.69, 9.17) is 76.5 Å². The topological polar surface area (TPSA) is 545 Å². The van der Waals surface area contributed by atoms with Crippen LogP contribution >= 0.6 is 11.8 Å². The van der Waals surface area contributed by atoms with Crippen LogP contribution in [0.5, 0.6) is 23.0 Å². The zero-order valence-corrected chi connectivity index (χ0v) is 75.1. The number of nitrogens with two attached hydrogens (primary N) is 1. The van der Waals surface area contributed by atoms with Gasteiger partial charge in [0.15, 0.2) is 12.1 Å². The highest BCUT2D eigenvalue weighted by atomic mass is 32.2. The number of phenolic OH excluding ortho intramolecular Hbond substituents is 2. The number of hydrazone groups is 1. The van der Waals surface area contributed by atoms with E-state index in [2.05, 4.69) is 36.5 Å². The summed E-state index contributed by atoms with van der Waals surface area (Å²) in [5.74, 6) is -5.31. The number of rotatable bonds is 55. The van der Waals surface area contributed by atoms with Crippen LogP contribution in [0.2, 0.25) is 0 Å². The highest BCUT2D eigenvalue weighted by molar-refractivity contribution is 8.00. The van der Waals surface area contributed by atoms with Crippen molar-refractivity contribution in [1.29, 1.82) is 0 Å². The van der Waals surface area contributed by atoms with Gasteiger partial charge in [-0.1, -0.05) is 35.5 Å². The average molecular weight is 1880 g/mol. The maximum atomic E-state index is 14.2. The lowest BCUT2D eigenvalue weighted by Crippen LogP contribution is -2.53. The van der Waals surface area contributed by atoms with Crippen LogP contribution in [0.15, 0.2) is 94.7 Å². The molecule has 6 heterocycles. The van der Waals surface area contributed by atoms with Gasteiger partial charge in [0, 0.05) is 124 Å². The number of aliphatic hydroxyl groups is 3. The number of aromatic nitrogens is 4. The molecule has 43 heteroatoms. The fourth-order valence-electron chi connectivity index (χ4n) is 15.7. The fourth-order valence-corrected chi connectivity index (χ4v) is 16.8. The SMILES string of the molecule is COc1cccc2c1C(=O)c1c(O)c3c(c(O)c1C2=O)C[C@@](O)(/C(CO)=N\NC(=O)CCCN1C(=O)CC(SCCC(=O)NCCOCCOCCOCCOCc2cn(CCOCCOCCOCCOCCOCCOCC(=O)NCc4ccc(-c5ccc(OC)c6c(C(=O)C(=O)N7CCN(C(=O)c8ccccc8)CC7)c[nH]c56)o4)nn2)C1=O)C[C@@H]3O[C@H]1C[C@H](N)[C@H](O)[C@H](C)O1. The van der Waals surface area contributed by atoms with Crippen molar-refractivity contribution in [3.63, 3.8) is 0 Å². The number of hydrogen-bond acceptors (Lipinski definition) is 35. The van der Waals surface area contributed by atoms with E-state index in [1.54, 1.807) is 71.2 Å². The third kappa shape index (κ3) is 26.9. The number of aromatic amines is 1. The van der Waals surface area contributed by atoms with Gasteiger partial charge in [-0.25, -0.2) is 10.1 Å². The van der Waals surface area contributed by atoms with Crippen LogP contribution in [0.4, 0.5) is 0 Å². The first-order chi connectivity index (χ1) is 64.5. The van der Waals surface area contributed by atoms with Gasteiger partial charge in [0.1, 0.15) is 52.4 Å². The van der Waals surface area contributed by atoms with Crippen LogP contribution in [0.25, 0.3) is 22.2 Å². The van der Waals surface area contributed by atoms with Crippen LogP contribution in [0.3, 0.4) is 0 Å². The predicted molar refractivity (Wildman–Crippen MR) is 471 cm³/mol. The number of fused-ring (bicyclic) bond motifs is 4. The van der Waals surface area contributed by atoms with Gasteiger partial charge < -0.3 is 127 Å². The Bertz CT molecular complexity index is 5170. The summed E-state index contributed by atoms with van der Waals surface area (Å²) in [5.41, 5.74) is 6.55. The minimum Gasteiger partial charge on any atom is -0.507 e. The molecule has 2 aliphatic carbocycles. The molecule has 0 spiro atoms. The van der Waals surface area contributed by atoms with Crippen LogP contribution in [0.1, 0.15) is 127 Å². The molecule has 0 saturated carbocycles. The van der Waals surface area contributed by atoms with Crippen LogP contribution < -0.4 is 31.3 Å². The van der Waals surface area contributed by atoms with Gasteiger partial charge in [-0.2, -0.15) is 5.10 Å². The van der Waals surface area contributed by atoms with Crippen molar-refractivity contribution in [2.45, 2.75) is 113 Å². The normalized spacial score (nSPS) is 19.0. The van der Waals surface area contributed by atoms with Crippen molar-refractivity contribution in [3.05, 3.63) is 141 Å². The molecular weight excluding hydrogens is 1760 g/mol.